The number of ether oxygens (including phenoxy) is 1. The predicted molar refractivity (Wildman–Crippen MR) is 100 cm³/mol. The van der Waals surface area contributed by atoms with E-state index < -0.39 is 0 Å². The molecule has 1 aliphatic carbocycles. The Balaban J connectivity index is 0.00000264. The van der Waals surface area contributed by atoms with Crippen LogP contribution in [0.1, 0.15) is 31.0 Å². The van der Waals surface area contributed by atoms with E-state index in [2.05, 4.69) is 25.3 Å². The summed E-state index contributed by atoms with van der Waals surface area (Å²) in [6.07, 6.45) is 4.36. The summed E-state index contributed by atoms with van der Waals surface area (Å²) in [6, 6.07) is 0. The molecule has 1 fully saturated rings. The molecular formula is C15H28IN5O2. The van der Waals surface area contributed by atoms with Crippen molar-refractivity contribution in [3.8, 4) is 0 Å². The Labute approximate surface area is 155 Å². The minimum absolute atomic E-state index is 0. The molecule has 0 saturated heterocycles. The van der Waals surface area contributed by atoms with E-state index in [0.717, 1.165) is 51.0 Å². The first-order chi connectivity index (χ1) is 10.7. The predicted octanol–water partition coefficient (Wildman–Crippen LogP) is 1.86. The second kappa shape index (κ2) is 10.8. The number of nitrogens with one attached hydrogen (secondary N) is 1. The van der Waals surface area contributed by atoms with E-state index in [9.17, 15) is 0 Å². The molecule has 1 heterocycles. The molecule has 1 saturated carbocycles. The summed E-state index contributed by atoms with van der Waals surface area (Å²) in [5.41, 5.74) is 0. The van der Waals surface area contributed by atoms with Crippen molar-refractivity contribution in [2.24, 2.45) is 10.9 Å². The zero-order valence-electron chi connectivity index (χ0n) is 14.2. The lowest BCUT2D eigenvalue weighted by Crippen LogP contribution is -2.41. The molecule has 7 nitrogen and oxygen atoms in total. The highest BCUT2D eigenvalue weighted by Crippen LogP contribution is 2.28. The average Bonchev–Trinajstić information content (AvgIpc) is 3.24. The molecule has 8 heteroatoms. The van der Waals surface area contributed by atoms with Crippen molar-refractivity contribution < 1.29 is 9.26 Å². The van der Waals surface area contributed by atoms with Crippen LogP contribution in [0.4, 0.5) is 0 Å². The van der Waals surface area contributed by atoms with Gasteiger partial charge in [0.1, 0.15) is 0 Å². The fourth-order valence-corrected chi connectivity index (χ4v) is 2.11. The van der Waals surface area contributed by atoms with Crippen LogP contribution in [-0.2, 0) is 11.2 Å². The van der Waals surface area contributed by atoms with Gasteiger partial charge in [-0.1, -0.05) is 5.16 Å². The van der Waals surface area contributed by atoms with E-state index in [0.29, 0.717) is 11.7 Å². The van der Waals surface area contributed by atoms with Crippen LogP contribution in [0.5, 0.6) is 0 Å². The second-order valence-corrected chi connectivity index (χ2v) is 5.75. The highest BCUT2D eigenvalue weighted by molar-refractivity contribution is 14.0. The van der Waals surface area contributed by atoms with Gasteiger partial charge in [-0.2, -0.15) is 4.98 Å². The van der Waals surface area contributed by atoms with Crippen LogP contribution in [0.25, 0.3) is 0 Å². The molecule has 1 N–H and O–H groups in total. The average molecular weight is 437 g/mol. The van der Waals surface area contributed by atoms with Gasteiger partial charge in [-0.25, -0.2) is 0 Å². The molecule has 0 unspecified atom stereocenters. The summed E-state index contributed by atoms with van der Waals surface area (Å²) < 4.78 is 10.7. The minimum atomic E-state index is 0. The Morgan fingerprint density at radius 1 is 1.48 bits per heavy atom. The number of aromatic nitrogens is 2. The van der Waals surface area contributed by atoms with Gasteiger partial charge in [-0.3, -0.25) is 4.99 Å². The summed E-state index contributed by atoms with van der Waals surface area (Å²) in [5.74, 6) is 3.08. The van der Waals surface area contributed by atoms with Gasteiger partial charge >= 0.3 is 0 Å². The van der Waals surface area contributed by atoms with Crippen LogP contribution in [0.15, 0.2) is 9.52 Å². The maximum Gasteiger partial charge on any atom is 0.226 e. The molecule has 1 aromatic heterocycles. The van der Waals surface area contributed by atoms with Crippen LogP contribution in [-0.4, -0.2) is 61.4 Å². The summed E-state index contributed by atoms with van der Waals surface area (Å²) in [4.78, 5) is 10.6. The number of hydrogen-bond acceptors (Lipinski definition) is 5. The fraction of sp³-hybridized carbons (Fsp3) is 0.800. The summed E-state index contributed by atoms with van der Waals surface area (Å²) >= 11 is 0. The smallest absolute Gasteiger partial charge is 0.226 e. The topological polar surface area (TPSA) is 75.8 Å². The molecule has 0 aromatic carbocycles. The van der Waals surface area contributed by atoms with Gasteiger partial charge < -0.3 is 19.5 Å². The van der Waals surface area contributed by atoms with Gasteiger partial charge in [0.15, 0.2) is 11.8 Å². The molecule has 0 atom stereocenters. The normalized spacial score (nSPS) is 14.5. The summed E-state index contributed by atoms with van der Waals surface area (Å²) in [7, 11) is 3.82. The quantitative estimate of drug-likeness (QED) is 0.275. The zero-order chi connectivity index (χ0) is 15.8. The van der Waals surface area contributed by atoms with E-state index in [1.807, 2.05) is 14.0 Å². The number of hydrogen-bond donors (Lipinski definition) is 1. The van der Waals surface area contributed by atoms with Gasteiger partial charge in [-0.15, -0.1) is 24.0 Å². The molecule has 0 amide bonds. The van der Waals surface area contributed by atoms with Gasteiger partial charge in [0.2, 0.25) is 5.89 Å². The Kier molecular flexibility index (Phi) is 9.46. The number of aryl methyl sites for hydroxylation is 2. The van der Waals surface area contributed by atoms with Gasteiger partial charge in [-0.05, 0) is 32.1 Å². The number of halogens is 1. The molecule has 23 heavy (non-hydrogen) atoms. The molecule has 1 aromatic rings. The van der Waals surface area contributed by atoms with Crippen molar-refractivity contribution in [1.29, 1.82) is 0 Å². The molecule has 2 rings (SSSR count). The lowest BCUT2D eigenvalue weighted by molar-refractivity contribution is 0.115. The maximum atomic E-state index is 5.66. The van der Waals surface area contributed by atoms with Crippen molar-refractivity contribution >= 4 is 29.9 Å². The third-order valence-corrected chi connectivity index (χ3v) is 3.62. The molecule has 0 bridgehead atoms. The van der Waals surface area contributed by atoms with Gasteiger partial charge in [0, 0.05) is 40.2 Å². The highest BCUT2D eigenvalue weighted by atomic mass is 127. The lowest BCUT2D eigenvalue weighted by Gasteiger charge is -2.21. The third kappa shape index (κ3) is 7.96. The minimum Gasteiger partial charge on any atom is -0.379 e. The molecule has 0 aliphatic heterocycles. The number of likely N-dealkylation sites (N-methyl/N-ethyl adjacent to an activating group) is 1. The van der Waals surface area contributed by atoms with E-state index in [4.69, 9.17) is 9.26 Å². The van der Waals surface area contributed by atoms with Crippen LogP contribution in [0, 0.1) is 12.8 Å². The fourth-order valence-electron chi connectivity index (χ4n) is 2.11. The molecule has 1 aliphatic rings. The number of nitrogens with zero attached hydrogens (tertiary/aromatic N) is 4. The van der Waals surface area contributed by atoms with Crippen molar-refractivity contribution in [1.82, 2.24) is 20.4 Å². The van der Waals surface area contributed by atoms with Crippen molar-refractivity contribution in [2.45, 2.75) is 32.6 Å². The van der Waals surface area contributed by atoms with E-state index in [1.165, 1.54) is 12.8 Å². The van der Waals surface area contributed by atoms with Crippen LogP contribution >= 0.6 is 24.0 Å². The Hall–Kier alpha value is -0.900. The molecule has 132 valence electrons. The standard InChI is InChI=1S/C15H27N5O2.HI/c1-12-18-14(22-19-12)5-4-8-17-15(16-2)20(3)9-10-21-11-13-6-7-13;/h13H,4-11H2,1-3H3,(H,16,17);1H. The van der Waals surface area contributed by atoms with E-state index >= 15 is 0 Å². The van der Waals surface area contributed by atoms with E-state index in [-0.39, 0.29) is 24.0 Å². The molecule has 0 spiro atoms. The Morgan fingerprint density at radius 2 is 2.26 bits per heavy atom. The Morgan fingerprint density at radius 3 is 2.87 bits per heavy atom. The van der Waals surface area contributed by atoms with E-state index in [1.54, 1.807) is 7.05 Å². The Bertz CT molecular complexity index is 476. The first-order valence-electron chi connectivity index (χ1n) is 7.97. The van der Waals surface area contributed by atoms with Crippen LogP contribution < -0.4 is 5.32 Å². The van der Waals surface area contributed by atoms with Crippen molar-refractivity contribution in [3.63, 3.8) is 0 Å². The maximum absolute atomic E-state index is 5.66. The van der Waals surface area contributed by atoms with Crippen molar-refractivity contribution in [2.75, 3.05) is 40.4 Å². The third-order valence-electron chi connectivity index (χ3n) is 3.62. The first kappa shape index (κ1) is 20.1. The zero-order valence-corrected chi connectivity index (χ0v) is 16.6. The monoisotopic (exact) mass is 437 g/mol. The first-order valence-corrected chi connectivity index (χ1v) is 7.97. The largest absolute Gasteiger partial charge is 0.379 e. The number of guanidine groups is 1. The SMILES string of the molecule is CN=C(NCCCc1nc(C)no1)N(C)CCOCC1CC1.I. The van der Waals surface area contributed by atoms with Crippen LogP contribution in [0.2, 0.25) is 0 Å². The molecular weight excluding hydrogens is 409 g/mol. The highest BCUT2D eigenvalue weighted by Gasteiger charge is 2.21. The summed E-state index contributed by atoms with van der Waals surface area (Å²) in [5, 5.41) is 7.12. The number of aliphatic imine (C=N–C) groups is 1. The second-order valence-electron chi connectivity index (χ2n) is 5.75. The van der Waals surface area contributed by atoms with Crippen molar-refractivity contribution in [3.05, 3.63) is 11.7 Å². The molecule has 0 radical (unpaired) electrons. The van der Waals surface area contributed by atoms with Crippen LogP contribution in [0.3, 0.4) is 0 Å². The number of rotatable bonds is 9. The summed E-state index contributed by atoms with van der Waals surface area (Å²) in [6.45, 7) is 5.14. The van der Waals surface area contributed by atoms with Gasteiger partial charge in [0.25, 0.3) is 0 Å². The van der Waals surface area contributed by atoms with Gasteiger partial charge in [0.05, 0.1) is 6.61 Å². The lowest BCUT2D eigenvalue weighted by atomic mass is 10.3.